The third kappa shape index (κ3) is 3.96. The van der Waals surface area contributed by atoms with Crippen LogP contribution in [0.25, 0.3) is 0 Å². The van der Waals surface area contributed by atoms with Gasteiger partial charge in [-0.05, 0) is 0 Å². The fourth-order valence-electron chi connectivity index (χ4n) is 1.10. The number of anilines is 1. The quantitative estimate of drug-likeness (QED) is 0.722. The number of carboxylic acid groups (broad SMARTS) is 1. The summed E-state index contributed by atoms with van der Waals surface area (Å²) in [6.45, 7) is -0.194. The Morgan fingerprint density at radius 3 is 2.50 bits per heavy atom. The van der Waals surface area contributed by atoms with Crippen molar-refractivity contribution in [3.63, 3.8) is 0 Å². The molecule has 0 spiro atoms. The Balaban J connectivity index is 2.62. The van der Waals surface area contributed by atoms with Crippen LogP contribution in [0.2, 0.25) is 0 Å². The van der Waals surface area contributed by atoms with Gasteiger partial charge < -0.3 is 15.7 Å². The highest BCUT2D eigenvalue weighted by molar-refractivity contribution is 5.89. The van der Waals surface area contributed by atoms with E-state index in [2.05, 4.69) is 5.32 Å². The largest absolute Gasteiger partial charge is 0.481 e. The van der Waals surface area contributed by atoms with Gasteiger partial charge in [0.25, 0.3) is 0 Å². The number of carboxylic acids is 1. The van der Waals surface area contributed by atoms with Crippen molar-refractivity contribution in [2.75, 3.05) is 11.9 Å². The monoisotopic (exact) mass is 262 g/mol. The molecule has 0 aliphatic carbocycles. The number of benzene rings is 1. The van der Waals surface area contributed by atoms with Gasteiger partial charge in [0.05, 0.1) is 12.1 Å². The molecule has 1 rings (SSSR count). The zero-order chi connectivity index (χ0) is 13.7. The SMILES string of the molecule is O=C(O)CCNC(=O)Nc1cc(F)cc(F)c1F. The molecule has 0 bridgehead atoms. The zero-order valence-electron chi connectivity index (χ0n) is 8.97. The second-order valence-electron chi connectivity index (χ2n) is 3.27. The molecule has 0 radical (unpaired) electrons. The molecule has 0 aliphatic rings. The van der Waals surface area contributed by atoms with Crippen LogP contribution in [0, 0.1) is 17.5 Å². The van der Waals surface area contributed by atoms with Crippen LogP contribution in [0.15, 0.2) is 12.1 Å². The van der Waals surface area contributed by atoms with Gasteiger partial charge in [-0.15, -0.1) is 0 Å². The zero-order valence-corrected chi connectivity index (χ0v) is 8.97. The molecule has 8 heteroatoms. The van der Waals surface area contributed by atoms with Crippen molar-refractivity contribution in [1.82, 2.24) is 5.32 Å². The van der Waals surface area contributed by atoms with Gasteiger partial charge in [-0.3, -0.25) is 4.79 Å². The average molecular weight is 262 g/mol. The average Bonchev–Trinajstić information content (AvgIpc) is 2.24. The first-order chi connectivity index (χ1) is 8.40. The smallest absolute Gasteiger partial charge is 0.319 e. The van der Waals surface area contributed by atoms with Gasteiger partial charge in [0.1, 0.15) is 5.82 Å². The molecule has 0 heterocycles. The predicted octanol–water partition coefficient (Wildman–Crippen LogP) is 1.70. The standard InChI is InChI=1S/C10H9F3N2O3/c11-5-3-6(12)9(13)7(4-5)15-10(18)14-2-1-8(16)17/h3-4H,1-2H2,(H,16,17)(H2,14,15,18). The summed E-state index contributed by atoms with van der Waals surface area (Å²) in [4.78, 5) is 21.3. The maximum Gasteiger partial charge on any atom is 0.319 e. The van der Waals surface area contributed by atoms with E-state index in [0.717, 1.165) is 0 Å². The minimum absolute atomic E-state index is 0.194. The fourth-order valence-corrected chi connectivity index (χ4v) is 1.10. The van der Waals surface area contributed by atoms with Crippen molar-refractivity contribution in [3.8, 4) is 0 Å². The second-order valence-corrected chi connectivity index (χ2v) is 3.27. The number of urea groups is 1. The lowest BCUT2D eigenvalue weighted by molar-refractivity contribution is -0.136. The summed E-state index contributed by atoms with van der Waals surface area (Å²) in [5.74, 6) is -5.01. The molecule has 2 amide bonds. The van der Waals surface area contributed by atoms with Gasteiger partial charge in [-0.2, -0.15) is 0 Å². The number of hydrogen-bond acceptors (Lipinski definition) is 2. The molecule has 3 N–H and O–H groups in total. The van der Waals surface area contributed by atoms with Crippen molar-refractivity contribution in [1.29, 1.82) is 0 Å². The number of aliphatic carboxylic acids is 1. The molecule has 0 saturated heterocycles. The molecular formula is C10H9F3N2O3. The molecule has 0 atom stereocenters. The van der Waals surface area contributed by atoms with E-state index in [1.165, 1.54) is 0 Å². The summed E-state index contributed by atoms with van der Waals surface area (Å²) >= 11 is 0. The highest BCUT2D eigenvalue weighted by Gasteiger charge is 2.13. The van der Waals surface area contributed by atoms with E-state index >= 15 is 0 Å². The first-order valence-electron chi connectivity index (χ1n) is 4.81. The van der Waals surface area contributed by atoms with Gasteiger partial charge in [-0.25, -0.2) is 18.0 Å². The molecule has 1 aromatic rings. The molecule has 0 aliphatic heterocycles. The summed E-state index contributed by atoms with van der Waals surface area (Å²) in [5, 5.41) is 12.3. The maximum atomic E-state index is 13.1. The molecule has 0 aromatic heterocycles. The van der Waals surface area contributed by atoms with Crippen LogP contribution in [0.3, 0.4) is 0 Å². The lowest BCUT2D eigenvalue weighted by Crippen LogP contribution is -2.31. The second kappa shape index (κ2) is 5.89. The number of rotatable bonds is 4. The van der Waals surface area contributed by atoms with Crippen LogP contribution < -0.4 is 10.6 Å². The topological polar surface area (TPSA) is 78.4 Å². The normalized spacial score (nSPS) is 9.94. The third-order valence-corrected chi connectivity index (χ3v) is 1.87. The van der Waals surface area contributed by atoms with Gasteiger partial charge in [0.2, 0.25) is 0 Å². The lowest BCUT2D eigenvalue weighted by atomic mass is 10.3. The van der Waals surface area contributed by atoms with Crippen LogP contribution in [0.5, 0.6) is 0 Å². The van der Waals surface area contributed by atoms with Crippen molar-refractivity contribution in [2.45, 2.75) is 6.42 Å². The summed E-state index contributed by atoms with van der Waals surface area (Å²) < 4.78 is 38.7. The van der Waals surface area contributed by atoms with E-state index in [9.17, 15) is 22.8 Å². The summed E-state index contributed by atoms with van der Waals surface area (Å²) in [7, 11) is 0. The Hall–Kier alpha value is -2.25. The Morgan fingerprint density at radius 2 is 1.89 bits per heavy atom. The minimum Gasteiger partial charge on any atom is -0.481 e. The van der Waals surface area contributed by atoms with Crippen LogP contribution >= 0.6 is 0 Å². The van der Waals surface area contributed by atoms with Crippen LogP contribution in [-0.4, -0.2) is 23.7 Å². The number of nitrogens with one attached hydrogen (secondary N) is 2. The molecule has 18 heavy (non-hydrogen) atoms. The van der Waals surface area contributed by atoms with E-state index in [4.69, 9.17) is 5.11 Å². The van der Waals surface area contributed by atoms with Gasteiger partial charge in [0.15, 0.2) is 11.6 Å². The summed E-state index contributed by atoms with van der Waals surface area (Å²) in [5.41, 5.74) is -0.666. The Bertz CT molecular complexity index is 480. The van der Waals surface area contributed by atoms with Crippen LogP contribution in [0.1, 0.15) is 6.42 Å². The van der Waals surface area contributed by atoms with Crippen molar-refractivity contribution >= 4 is 17.7 Å². The molecule has 0 fully saturated rings. The Labute approximate surface area is 99.6 Å². The number of carbonyl (C=O) groups excluding carboxylic acids is 1. The summed E-state index contributed by atoms with van der Waals surface area (Å²) in [6.07, 6.45) is -0.326. The Kier molecular flexibility index (Phi) is 4.52. The molecule has 98 valence electrons. The van der Waals surface area contributed by atoms with Gasteiger partial charge in [0, 0.05) is 18.7 Å². The van der Waals surface area contributed by atoms with E-state index < -0.39 is 35.1 Å². The number of halogens is 3. The first kappa shape index (κ1) is 13.8. The van der Waals surface area contributed by atoms with Crippen molar-refractivity contribution in [2.24, 2.45) is 0 Å². The van der Waals surface area contributed by atoms with E-state index in [1.54, 1.807) is 0 Å². The highest BCUT2D eigenvalue weighted by Crippen LogP contribution is 2.18. The van der Waals surface area contributed by atoms with Crippen molar-refractivity contribution < 1.29 is 27.9 Å². The maximum absolute atomic E-state index is 13.1. The van der Waals surface area contributed by atoms with E-state index in [-0.39, 0.29) is 13.0 Å². The summed E-state index contributed by atoms with van der Waals surface area (Å²) in [6, 6.07) is -0.0157. The number of amides is 2. The Morgan fingerprint density at radius 1 is 1.22 bits per heavy atom. The molecular weight excluding hydrogens is 253 g/mol. The van der Waals surface area contributed by atoms with Crippen LogP contribution in [0.4, 0.5) is 23.7 Å². The highest BCUT2D eigenvalue weighted by atomic mass is 19.2. The van der Waals surface area contributed by atoms with E-state index in [0.29, 0.717) is 12.1 Å². The molecule has 0 unspecified atom stereocenters. The number of carbonyl (C=O) groups is 2. The minimum atomic E-state index is -1.43. The molecule has 0 saturated carbocycles. The number of hydrogen-bond donors (Lipinski definition) is 3. The third-order valence-electron chi connectivity index (χ3n) is 1.87. The first-order valence-corrected chi connectivity index (χ1v) is 4.81. The van der Waals surface area contributed by atoms with Crippen LogP contribution in [-0.2, 0) is 4.79 Å². The fraction of sp³-hybridized carbons (Fsp3) is 0.200. The molecule has 1 aromatic carbocycles. The van der Waals surface area contributed by atoms with E-state index in [1.807, 2.05) is 5.32 Å². The van der Waals surface area contributed by atoms with Gasteiger partial charge >= 0.3 is 12.0 Å². The predicted molar refractivity (Wildman–Crippen MR) is 55.6 cm³/mol. The molecule has 5 nitrogen and oxygen atoms in total. The van der Waals surface area contributed by atoms with Gasteiger partial charge in [-0.1, -0.05) is 0 Å². The van der Waals surface area contributed by atoms with Crippen molar-refractivity contribution in [3.05, 3.63) is 29.6 Å². The lowest BCUT2D eigenvalue weighted by Gasteiger charge is -2.08.